The molecule has 9 nitrogen and oxygen atoms in total. The Morgan fingerprint density at radius 3 is 2.38 bits per heavy atom. The number of rotatable bonds is 7. The summed E-state index contributed by atoms with van der Waals surface area (Å²) in [6.45, 7) is 5.58. The van der Waals surface area contributed by atoms with Crippen molar-refractivity contribution in [3.8, 4) is 11.5 Å². The van der Waals surface area contributed by atoms with Crippen LogP contribution in [0.4, 0.5) is 5.95 Å². The van der Waals surface area contributed by atoms with Crippen molar-refractivity contribution in [3.05, 3.63) is 30.3 Å². The fraction of sp³-hybridized carbons (Fsp3) is 0.500. The van der Waals surface area contributed by atoms with Crippen molar-refractivity contribution in [2.24, 2.45) is 11.8 Å². The Balaban J connectivity index is 1.63. The molecule has 29 heavy (non-hydrogen) atoms. The van der Waals surface area contributed by atoms with Crippen LogP contribution < -0.4 is 4.90 Å². The molecule has 3 rings (SSSR count). The number of carboxylic acids is 1. The molecule has 0 unspecified atom stereocenters. The highest BCUT2D eigenvalue weighted by molar-refractivity contribution is 5.86. The second kappa shape index (κ2) is 9.04. The average Bonchev–Trinajstić information content (AvgIpc) is 3.22. The number of amides is 1. The SMILES string of the molecule is CC(C)C[C@H](C(=O)N1CCN(c2noc(-c3ccccc3)n2)CC1)[C@H](O)C(=O)O. The van der Waals surface area contributed by atoms with Crippen LogP contribution in [0.1, 0.15) is 20.3 Å². The number of piperazine rings is 1. The number of aliphatic hydroxyl groups is 1. The Morgan fingerprint density at radius 2 is 1.79 bits per heavy atom. The minimum absolute atomic E-state index is 0.0926. The lowest BCUT2D eigenvalue weighted by Gasteiger charge is -2.36. The molecule has 0 radical (unpaired) electrons. The molecule has 1 aromatic carbocycles. The quantitative estimate of drug-likeness (QED) is 0.715. The zero-order valence-electron chi connectivity index (χ0n) is 16.6. The standard InChI is InChI=1S/C20H26N4O5/c1-13(2)12-15(16(25)19(27)28)18(26)23-8-10-24(11-9-23)20-21-17(29-22-20)14-6-4-3-5-7-14/h3-7,13,15-16,25H,8-12H2,1-2H3,(H,27,28)/t15-,16-/m0/s1. The van der Waals surface area contributed by atoms with Crippen LogP contribution in [0.15, 0.2) is 34.9 Å². The number of nitrogens with zero attached hydrogens (tertiary/aromatic N) is 4. The number of aromatic nitrogens is 2. The first kappa shape index (κ1) is 20.8. The van der Waals surface area contributed by atoms with Gasteiger partial charge < -0.3 is 24.5 Å². The molecule has 1 fully saturated rings. The number of benzene rings is 1. The summed E-state index contributed by atoms with van der Waals surface area (Å²) in [6.07, 6.45) is -1.38. The van der Waals surface area contributed by atoms with Gasteiger partial charge in [-0.1, -0.05) is 32.0 Å². The van der Waals surface area contributed by atoms with Gasteiger partial charge in [-0.15, -0.1) is 0 Å². The number of carboxylic acid groups (broad SMARTS) is 1. The van der Waals surface area contributed by atoms with Crippen LogP contribution in [0, 0.1) is 11.8 Å². The van der Waals surface area contributed by atoms with Crippen molar-refractivity contribution < 1.29 is 24.3 Å². The largest absolute Gasteiger partial charge is 0.479 e. The Kier molecular flexibility index (Phi) is 6.48. The molecule has 0 spiro atoms. The Bertz CT molecular complexity index is 830. The summed E-state index contributed by atoms with van der Waals surface area (Å²) in [4.78, 5) is 32.0. The van der Waals surface area contributed by atoms with Crippen LogP contribution in [-0.2, 0) is 9.59 Å². The van der Waals surface area contributed by atoms with E-state index in [2.05, 4.69) is 10.1 Å². The summed E-state index contributed by atoms with van der Waals surface area (Å²) in [5.41, 5.74) is 0.833. The highest BCUT2D eigenvalue weighted by Gasteiger charge is 2.36. The first-order valence-corrected chi connectivity index (χ1v) is 9.70. The molecular formula is C20H26N4O5. The van der Waals surface area contributed by atoms with Gasteiger partial charge in [0.1, 0.15) is 0 Å². The van der Waals surface area contributed by atoms with E-state index in [9.17, 15) is 14.7 Å². The fourth-order valence-corrected chi connectivity index (χ4v) is 3.45. The molecule has 1 saturated heterocycles. The van der Waals surface area contributed by atoms with Gasteiger partial charge in [-0.25, -0.2) is 4.79 Å². The predicted octanol–water partition coefficient (Wildman–Crippen LogP) is 1.49. The lowest BCUT2D eigenvalue weighted by molar-refractivity contribution is -0.157. The van der Waals surface area contributed by atoms with Crippen LogP contribution in [0.3, 0.4) is 0 Å². The van der Waals surface area contributed by atoms with Gasteiger partial charge in [0, 0.05) is 31.7 Å². The number of aliphatic hydroxyl groups excluding tert-OH is 1. The van der Waals surface area contributed by atoms with Gasteiger partial charge in [0.25, 0.3) is 11.8 Å². The Morgan fingerprint density at radius 1 is 1.14 bits per heavy atom. The molecule has 2 atom stereocenters. The third-order valence-corrected chi connectivity index (χ3v) is 4.99. The van der Waals surface area contributed by atoms with E-state index in [-0.39, 0.29) is 11.8 Å². The van der Waals surface area contributed by atoms with Gasteiger partial charge in [0.15, 0.2) is 6.10 Å². The second-order valence-corrected chi connectivity index (χ2v) is 7.60. The maximum absolute atomic E-state index is 12.8. The number of carbonyl (C=O) groups is 2. The summed E-state index contributed by atoms with van der Waals surface area (Å²) >= 11 is 0. The van der Waals surface area contributed by atoms with Crippen molar-refractivity contribution >= 4 is 17.8 Å². The zero-order chi connectivity index (χ0) is 21.0. The topological polar surface area (TPSA) is 120 Å². The third kappa shape index (κ3) is 4.92. The van der Waals surface area contributed by atoms with Crippen LogP contribution >= 0.6 is 0 Å². The summed E-state index contributed by atoms with van der Waals surface area (Å²) < 4.78 is 5.34. The molecule has 1 amide bonds. The molecule has 0 bridgehead atoms. The summed E-state index contributed by atoms with van der Waals surface area (Å²) in [7, 11) is 0. The molecule has 2 heterocycles. The molecule has 0 aliphatic carbocycles. The van der Waals surface area contributed by atoms with Gasteiger partial charge in [0.05, 0.1) is 5.92 Å². The van der Waals surface area contributed by atoms with Crippen LogP contribution in [0.25, 0.3) is 11.5 Å². The summed E-state index contributed by atoms with van der Waals surface area (Å²) in [5.74, 6) is -1.67. The monoisotopic (exact) mass is 402 g/mol. The molecule has 1 aliphatic rings. The first-order chi connectivity index (χ1) is 13.9. The van der Waals surface area contributed by atoms with Gasteiger partial charge in [0.2, 0.25) is 5.91 Å². The first-order valence-electron chi connectivity index (χ1n) is 9.70. The summed E-state index contributed by atoms with van der Waals surface area (Å²) in [5, 5.41) is 23.2. The minimum atomic E-state index is -1.70. The van der Waals surface area contributed by atoms with E-state index in [4.69, 9.17) is 9.63 Å². The highest BCUT2D eigenvalue weighted by atomic mass is 16.5. The second-order valence-electron chi connectivity index (χ2n) is 7.60. The fourth-order valence-electron chi connectivity index (χ4n) is 3.45. The lowest BCUT2D eigenvalue weighted by Crippen LogP contribution is -2.53. The highest BCUT2D eigenvalue weighted by Crippen LogP contribution is 2.23. The smallest absolute Gasteiger partial charge is 0.333 e. The molecule has 1 aliphatic heterocycles. The molecular weight excluding hydrogens is 376 g/mol. The van der Waals surface area contributed by atoms with E-state index >= 15 is 0 Å². The van der Waals surface area contributed by atoms with Crippen molar-refractivity contribution in [1.29, 1.82) is 0 Å². The molecule has 0 saturated carbocycles. The van der Waals surface area contributed by atoms with E-state index in [1.807, 2.05) is 49.1 Å². The van der Waals surface area contributed by atoms with Gasteiger partial charge >= 0.3 is 5.97 Å². The molecule has 9 heteroatoms. The van der Waals surface area contributed by atoms with Crippen molar-refractivity contribution in [2.45, 2.75) is 26.4 Å². The molecule has 1 aromatic heterocycles. The third-order valence-electron chi connectivity index (χ3n) is 4.99. The van der Waals surface area contributed by atoms with Gasteiger partial charge in [-0.3, -0.25) is 4.79 Å². The van der Waals surface area contributed by atoms with Gasteiger partial charge in [-0.2, -0.15) is 4.98 Å². The lowest BCUT2D eigenvalue weighted by atomic mass is 9.90. The number of hydrogen-bond donors (Lipinski definition) is 2. The number of aliphatic carboxylic acids is 1. The number of anilines is 1. The van der Waals surface area contributed by atoms with E-state index in [1.54, 1.807) is 4.90 Å². The van der Waals surface area contributed by atoms with Crippen molar-refractivity contribution in [3.63, 3.8) is 0 Å². The van der Waals surface area contributed by atoms with E-state index in [0.717, 1.165) is 5.56 Å². The maximum atomic E-state index is 12.8. The molecule has 156 valence electrons. The number of carbonyl (C=O) groups excluding carboxylic acids is 1. The minimum Gasteiger partial charge on any atom is -0.479 e. The number of hydrogen-bond acceptors (Lipinski definition) is 7. The van der Waals surface area contributed by atoms with E-state index < -0.39 is 18.0 Å². The van der Waals surface area contributed by atoms with Crippen molar-refractivity contribution in [2.75, 3.05) is 31.1 Å². The average molecular weight is 402 g/mol. The summed E-state index contributed by atoms with van der Waals surface area (Å²) in [6, 6.07) is 9.46. The molecule has 2 aromatic rings. The van der Waals surface area contributed by atoms with Crippen LogP contribution in [0.5, 0.6) is 0 Å². The van der Waals surface area contributed by atoms with Crippen LogP contribution in [0.2, 0.25) is 0 Å². The Hall–Kier alpha value is -2.94. The maximum Gasteiger partial charge on any atom is 0.333 e. The van der Waals surface area contributed by atoms with Crippen LogP contribution in [-0.4, -0.2) is 69.4 Å². The van der Waals surface area contributed by atoms with E-state index in [0.29, 0.717) is 44.4 Å². The predicted molar refractivity (Wildman–Crippen MR) is 105 cm³/mol. The molecule has 2 N–H and O–H groups in total. The zero-order valence-corrected chi connectivity index (χ0v) is 16.6. The normalized spacial score (nSPS) is 16.7. The Labute approximate surface area is 168 Å². The van der Waals surface area contributed by atoms with E-state index in [1.165, 1.54) is 0 Å². The van der Waals surface area contributed by atoms with Gasteiger partial charge in [-0.05, 0) is 29.6 Å². The van der Waals surface area contributed by atoms with Crippen molar-refractivity contribution in [1.82, 2.24) is 15.0 Å².